The number of oxazole rings is 1. The first kappa shape index (κ1) is 20.1. The molecule has 0 aliphatic heterocycles. The highest BCUT2D eigenvalue weighted by Gasteiger charge is 2.29. The van der Waals surface area contributed by atoms with Gasteiger partial charge in [0.1, 0.15) is 6.26 Å². The first-order valence-corrected chi connectivity index (χ1v) is 8.44. The molecule has 2 amide bonds. The molecule has 0 radical (unpaired) electrons. The van der Waals surface area contributed by atoms with Gasteiger partial charge in [0.05, 0.1) is 23.7 Å². The molecule has 0 aliphatic rings. The quantitative estimate of drug-likeness (QED) is 0.759. The molecule has 1 heterocycles. The molecular weight excluding hydrogens is 381 g/mol. The van der Waals surface area contributed by atoms with Gasteiger partial charge in [0.25, 0.3) is 0 Å². The molecule has 1 N–H and O–H groups in total. The van der Waals surface area contributed by atoms with Crippen LogP contribution in [0, 0.1) is 0 Å². The van der Waals surface area contributed by atoms with Crippen molar-refractivity contribution in [1.29, 1.82) is 0 Å². The summed E-state index contributed by atoms with van der Waals surface area (Å²) in [5, 5.41) is 3.49. The number of esters is 1. The first-order chi connectivity index (χ1) is 12.1. The fraction of sp³-hybridized carbons (Fsp3) is 0.353. The van der Waals surface area contributed by atoms with Gasteiger partial charge in [0.15, 0.2) is 5.69 Å². The first-order valence-electron chi connectivity index (χ1n) is 7.68. The number of amides is 2. The molecule has 2 rings (SSSR count). The molecule has 9 heteroatoms. The zero-order valence-corrected chi connectivity index (χ0v) is 16.3. The van der Waals surface area contributed by atoms with Crippen molar-refractivity contribution in [2.45, 2.75) is 32.9 Å². The molecule has 0 fully saturated rings. The number of benzene rings is 1. The lowest BCUT2D eigenvalue weighted by atomic mass is 10.1. The topological polar surface area (TPSA) is 84.7 Å². The van der Waals surface area contributed by atoms with Crippen LogP contribution in [0.4, 0.5) is 10.5 Å². The van der Waals surface area contributed by atoms with Gasteiger partial charge >= 0.3 is 12.0 Å². The highest BCUT2D eigenvalue weighted by atomic mass is 35.5. The van der Waals surface area contributed by atoms with E-state index >= 15 is 0 Å². The van der Waals surface area contributed by atoms with Crippen LogP contribution in [0.1, 0.15) is 37.2 Å². The van der Waals surface area contributed by atoms with Crippen LogP contribution < -0.4 is 5.32 Å². The number of nitrogens with one attached hydrogen (secondary N) is 1. The Kier molecular flexibility index (Phi) is 6.15. The average Bonchev–Trinajstić information content (AvgIpc) is 3.03. The number of urea groups is 1. The third-order valence-corrected chi connectivity index (χ3v) is 4.20. The number of hydrogen-bond donors (Lipinski definition) is 1. The van der Waals surface area contributed by atoms with E-state index in [0.717, 1.165) is 0 Å². The summed E-state index contributed by atoms with van der Waals surface area (Å²) < 4.78 is 9.87. The molecule has 0 atom stereocenters. The summed E-state index contributed by atoms with van der Waals surface area (Å²) in [5.41, 5.74) is 0.00257. The van der Waals surface area contributed by atoms with E-state index in [1.54, 1.807) is 18.2 Å². The standard InChI is InChI=1S/C17H19Cl2N3O4/c1-17(2,3)22(8-14-21-13(9-26-14)15(23)25-4)16(24)20-10-5-6-11(18)12(19)7-10/h5-7,9H,8H2,1-4H3,(H,20,24). The Balaban J connectivity index is 2.18. The van der Waals surface area contributed by atoms with Crippen LogP contribution in [0.25, 0.3) is 0 Å². The highest BCUT2D eigenvalue weighted by molar-refractivity contribution is 6.42. The van der Waals surface area contributed by atoms with Crippen LogP contribution in [-0.2, 0) is 11.3 Å². The Bertz CT molecular complexity index is 815. The highest BCUT2D eigenvalue weighted by Crippen LogP contribution is 2.26. The van der Waals surface area contributed by atoms with Crippen molar-refractivity contribution < 1.29 is 18.7 Å². The monoisotopic (exact) mass is 399 g/mol. The van der Waals surface area contributed by atoms with Crippen molar-refractivity contribution in [3.05, 3.63) is 46.1 Å². The molecule has 26 heavy (non-hydrogen) atoms. The molecule has 0 unspecified atom stereocenters. The van der Waals surface area contributed by atoms with Gasteiger partial charge in [0, 0.05) is 11.2 Å². The normalized spacial score (nSPS) is 11.2. The van der Waals surface area contributed by atoms with Gasteiger partial charge in [-0.1, -0.05) is 23.2 Å². The lowest BCUT2D eigenvalue weighted by Crippen LogP contribution is -2.47. The third-order valence-electron chi connectivity index (χ3n) is 3.47. The number of aromatic nitrogens is 1. The zero-order chi connectivity index (χ0) is 19.5. The van der Waals surface area contributed by atoms with E-state index in [1.807, 2.05) is 20.8 Å². The van der Waals surface area contributed by atoms with Gasteiger partial charge in [-0.25, -0.2) is 14.6 Å². The second-order valence-corrected chi connectivity index (χ2v) is 7.25. The Morgan fingerprint density at radius 3 is 2.54 bits per heavy atom. The number of hydrogen-bond acceptors (Lipinski definition) is 5. The van der Waals surface area contributed by atoms with Crippen LogP contribution in [0.5, 0.6) is 0 Å². The van der Waals surface area contributed by atoms with E-state index in [9.17, 15) is 9.59 Å². The van der Waals surface area contributed by atoms with Crippen LogP contribution in [0.3, 0.4) is 0 Å². The molecule has 0 saturated carbocycles. The van der Waals surface area contributed by atoms with Gasteiger partial charge in [0.2, 0.25) is 5.89 Å². The molecule has 1 aromatic heterocycles. The second-order valence-electron chi connectivity index (χ2n) is 6.43. The van der Waals surface area contributed by atoms with Gasteiger partial charge in [-0.15, -0.1) is 0 Å². The fourth-order valence-corrected chi connectivity index (χ4v) is 2.39. The summed E-state index contributed by atoms with van der Waals surface area (Å²) in [5.74, 6) is -0.396. The SMILES string of the molecule is COC(=O)c1coc(CN(C(=O)Nc2ccc(Cl)c(Cl)c2)C(C)(C)C)n1. The van der Waals surface area contributed by atoms with Crippen molar-refractivity contribution in [3.8, 4) is 0 Å². The number of rotatable bonds is 4. The summed E-state index contributed by atoms with van der Waals surface area (Å²) >= 11 is 11.9. The van der Waals surface area contributed by atoms with E-state index in [-0.39, 0.29) is 24.2 Å². The summed E-state index contributed by atoms with van der Waals surface area (Å²) in [4.78, 5) is 29.8. The van der Waals surface area contributed by atoms with Gasteiger partial charge in [-0.3, -0.25) is 0 Å². The van der Waals surface area contributed by atoms with E-state index < -0.39 is 11.5 Å². The van der Waals surface area contributed by atoms with Crippen LogP contribution in [0.15, 0.2) is 28.9 Å². The number of carbonyl (C=O) groups is 2. The summed E-state index contributed by atoms with van der Waals surface area (Å²) in [6, 6.07) is 4.42. The third kappa shape index (κ3) is 4.89. The predicted octanol–water partition coefficient (Wildman–Crippen LogP) is 4.60. The van der Waals surface area contributed by atoms with Gasteiger partial charge in [-0.05, 0) is 39.0 Å². The Morgan fingerprint density at radius 1 is 1.27 bits per heavy atom. The summed E-state index contributed by atoms with van der Waals surface area (Å²) in [6.45, 7) is 5.66. The van der Waals surface area contributed by atoms with Crippen molar-refractivity contribution >= 4 is 40.9 Å². The number of anilines is 1. The molecule has 2 aromatic rings. The summed E-state index contributed by atoms with van der Waals surface area (Å²) in [7, 11) is 1.25. The molecule has 0 spiro atoms. The van der Waals surface area contributed by atoms with E-state index in [1.165, 1.54) is 18.3 Å². The van der Waals surface area contributed by atoms with Crippen molar-refractivity contribution in [2.75, 3.05) is 12.4 Å². The predicted molar refractivity (Wildman–Crippen MR) is 98.6 cm³/mol. The van der Waals surface area contributed by atoms with Crippen molar-refractivity contribution in [2.24, 2.45) is 0 Å². The number of nitrogens with zero attached hydrogens (tertiary/aromatic N) is 2. The lowest BCUT2D eigenvalue weighted by Gasteiger charge is -2.34. The summed E-state index contributed by atoms with van der Waals surface area (Å²) in [6.07, 6.45) is 1.19. The van der Waals surface area contributed by atoms with Gasteiger partial charge < -0.3 is 19.4 Å². The minimum absolute atomic E-state index is 0.0428. The lowest BCUT2D eigenvalue weighted by molar-refractivity contribution is 0.0594. The number of carbonyl (C=O) groups excluding carboxylic acids is 2. The molecule has 140 valence electrons. The van der Waals surface area contributed by atoms with Crippen LogP contribution >= 0.6 is 23.2 Å². The van der Waals surface area contributed by atoms with Crippen molar-refractivity contribution in [1.82, 2.24) is 9.88 Å². The van der Waals surface area contributed by atoms with E-state index in [4.69, 9.17) is 27.6 Å². The Morgan fingerprint density at radius 2 is 1.96 bits per heavy atom. The van der Waals surface area contributed by atoms with Crippen LogP contribution in [0.2, 0.25) is 10.0 Å². The van der Waals surface area contributed by atoms with Crippen molar-refractivity contribution in [3.63, 3.8) is 0 Å². The minimum atomic E-state index is -0.609. The Labute approximate surface area is 161 Å². The zero-order valence-electron chi connectivity index (χ0n) is 14.8. The van der Waals surface area contributed by atoms with E-state index in [0.29, 0.717) is 15.7 Å². The second kappa shape index (κ2) is 7.97. The minimum Gasteiger partial charge on any atom is -0.464 e. The number of methoxy groups -OCH3 is 1. The van der Waals surface area contributed by atoms with E-state index in [2.05, 4.69) is 15.0 Å². The van der Waals surface area contributed by atoms with Crippen LogP contribution in [-0.4, -0.2) is 34.5 Å². The molecule has 0 bridgehead atoms. The Hall–Kier alpha value is -2.25. The smallest absolute Gasteiger partial charge is 0.360 e. The largest absolute Gasteiger partial charge is 0.464 e. The maximum absolute atomic E-state index is 12.7. The molecule has 7 nitrogen and oxygen atoms in total. The maximum Gasteiger partial charge on any atom is 0.360 e. The molecule has 0 aliphatic carbocycles. The molecule has 0 saturated heterocycles. The number of halogens is 2. The van der Waals surface area contributed by atoms with Gasteiger partial charge in [-0.2, -0.15) is 0 Å². The fourth-order valence-electron chi connectivity index (χ4n) is 2.10. The average molecular weight is 400 g/mol. The number of ether oxygens (including phenoxy) is 1. The molecular formula is C17H19Cl2N3O4. The molecule has 1 aromatic carbocycles. The maximum atomic E-state index is 12.7.